The first-order chi connectivity index (χ1) is 27.8. The van der Waals surface area contributed by atoms with E-state index in [2.05, 4.69) is 15.5 Å². The lowest BCUT2D eigenvalue weighted by Crippen LogP contribution is -2.66. The summed E-state index contributed by atoms with van der Waals surface area (Å²) in [7, 11) is 1.55. The van der Waals surface area contributed by atoms with Gasteiger partial charge in [0.2, 0.25) is 11.8 Å². The quantitative estimate of drug-likeness (QED) is 0.192. The summed E-state index contributed by atoms with van der Waals surface area (Å²) in [6.07, 6.45) is 19.3. The third-order valence-corrected chi connectivity index (χ3v) is 17.4. The van der Waals surface area contributed by atoms with E-state index in [1.807, 2.05) is 0 Å². The number of nitrogens with one attached hydrogen (secondary N) is 2. The van der Waals surface area contributed by atoms with Crippen LogP contribution >= 0.6 is 11.8 Å². The van der Waals surface area contributed by atoms with E-state index in [1.54, 1.807) is 18.9 Å². The Balaban J connectivity index is 1.21. The Morgan fingerprint density at radius 1 is 0.842 bits per heavy atom. The van der Waals surface area contributed by atoms with Crippen molar-refractivity contribution in [1.82, 2.24) is 20.4 Å². The minimum absolute atomic E-state index is 0.00336. The number of ether oxygens (including phenoxy) is 3. The summed E-state index contributed by atoms with van der Waals surface area (Å²) in [5.74, 6) is -1.76. The molecule has 0 bridgehead atoms. The van der Waals surface area contributed by atoms with Crippen LogP contribution in [0.1, 0.15) is 141 Å². The molecule has 0 aromatic carbocycles. The lowest BCUT2D eigenvalue weighted by molar-refractivity contribution is -0.190. The second-order valence-corrected chi connectivity index (χ2v) is 20.3. The molecule has 4 aliphatic heterocycles. The Hall–Kier alpha value is -2.19. The maximum Gasteiger partial charge on any atom is 0.421 e. The van der Waals surface area contributed by atoms with Gasteiger partial charge in [-0.1, -0.05) is 51.4 Å². The average molecular weight is 811 g/mol. The van der Waals surface area contributed by atoms with Gasteiger partial charge in [0.1, 0.15) is 29.7 Å². The number of nitrogens with zero attached hydrogens (tertiary/aromatic N) is 2. The van der Waals surface area contributed by atoms with Gasteiger partial charge in [-0.05, 0) is 113 Å². The molecule has 3 unspecified atom stereocenters. The van der Waals surface area contributed by atoms with E-state index in [9.17, 15) is 9.90 Å². The first-order valence-electron chi connectivity index (χ1n) is 22.9. The van der Waals surface area contributed by atoms with E-state index in [-0.39, 0.29) is 60.5 Å². The smallest absolute Gasteiger partial charge is 0.421 e. The fourth-order valence-electron chi connectivity index (χ4n) is 13.6. The van der Waals surface area contributed by atoms with Gasteiger partial charge in [-0.3, -0.25) is 24.6 Å². The molecule has 4 saturated carbocycles. The van der Waals surface area contributed by atoms with Crippen molar-refractivity contribution in [3.8, 4) is 0 Å². The summed E-state index contributed by atoms with van der Waals surface area (Å²) in [4.78, 5) is 64.9. The minimum Gasteiger partial charge on any atom is -0.459 e. The SMILES string of the molecule is COCCOC(=O)N1C(=O)[C@@]2(C3=C1CCCC3)[C@H](C1CCC(O)CC1)N1[C@H](C3CCCCC3)[C@H](C3CCCCC3)OC(=O)[C@H]1[C@@H]2C(=O)NC1NC2CCCCC2S1. The minimum atomic E-state index is -1.46. The molecule has 3 N–H and O–H groups in total. The number of rotatable bonds is 8. The molecule has 5 aliphatic carbocycles. The van der Waals surface area contributed by atoms with Crippen molar-refractivity contribution in [2.75, 3.05) is 20.3 Å². The van der Waals surface area contributed by atoms with E-state index in [0.717, 1.165) is 89.0 Å². The molecule has 9 atom stereocenters. The molecule has 0 aromatic rings. The third kappa shape index (κ3) is 7.08. The highest BCUT2D eigenvalue weighted by molar-refractivity contribution is 8.00. The van der Waals surface area contributed by atoms with Crippen molar-refractivity contribution >= 4 is 35.6 Å². The van der Waals surface area contributed by atoms with Crippen LogP contribution in [-0.4, -0.2) is 106 Å². The number of morpholine rings is 1. The van der Waals surface area contributed by atoms with Crippen molar-refractivity contribution in [2.45, 2.75) is 188 Å². The van der Waals surface area contributed by atoms with Crippen molar-refractivity contribution in [3.05, 3.63) is 11.3 Å². The maximum atomic E-state index is 16.1. The number of allylic oxidation sites excluding steroid dienone is 1. The lowest BCUT2D eigenvalue weighted by Gasteiger charge is -2.53. The zero-order chi connectivity index (χ0) is 39.3. The molecule has 316 valence electrons. The molecule has 4 heterocycles. The highest BCUT2D eigenvalue weighted by Crippen LogP contribution is 2.64. The number of esters is 1. The van der Waals surface area contributed by atoms with Gasteiger partial charge in [-0.25, -0.2) is 9.69 Å². The molecule has 0 aromatic heterocycles. The van der Waals surface area contributed by atoms with E-state index in [0.29, 0.717) is 55.5 Å². The van der Waals surface area contributed by atoms with Gasteiger partial charge in [0.15, 0.2) is 0 Å². The number of thioether (sulfide) groups is 1. The van der Waals surface area contributed by atoms with Crippen LogP contribution in [0.4, 0.5) is 4.79 Å². The zero-order valence-electron chi connectivity index (χ0n) is 34.0. The highest BCUT2D eigenvalue weighted by atomic mass is 32.2. The summed E-state index contributed by atoms with van der Waals surface area (Å²) in [6.45, 7) is 0.202. The van der Waals surface area contributed by atoms with E-state index in [1.165, 1.54) is 24.2 Å². The predicted molar refractivity (Wildman–Crippen MR) is 214 cm³/mol. The standard InChI is InChI=1S/C44H66N4O8S/c1-54-24-25-55-43(53)47-32-18-10-8-16-30(32)44(41(47)52)34(39(50)46-42-45-31-17-9-11-19-33(31)57-42)36-40(51)56-37(27-14-6-3-7-15-27)35(26-12-4-2-5-13-26)48(36)38(44)28-20-22-29(49)23-21-28/h26-29,31,33-38,42,45,49H,2-25H2,1H3,(H,46,50)/t28?,29?,31?,33?,34-,35-,36-,37+,38+,42?,44-/m1/s1. The topological polar surface area (TPSA) is 147 Å². The fourth-order valence-corrected chi connectivity index (χ4v) is 15.1. The molecule has 13 heteroatoms. The van der Waals surface area contributed by atoms with Gasteiger partial charge in [-0.15, -0.1) is 11.8 Å². The molecule has 3 saturated heterocycles. The molecule has 1 spiro atoms. The van der Waals surface area contributed by atoms with Gasteiger partial charge >= 0.3 is 12.1 Å². The first-order valence-corrected chi connectivity index (χ1v) is 23.9. The molecule has 7 fully saturated rings. The normalized spacial score (nSPS) is 40.5. The second kappa shape index (κ2) is 17.1. The van der Waals surface area contributed by atoms with Crippen LogP contribution in [0.5, 0.6) is 0 Å². The van der Waals surface area contributed by atoms with Crippen LogP contribution in [-0.2, 0) is 28.6 Å². The van der Waals surface area contributed by atoms with Crippen LogP contribution in [0.2, 0.25) is 0 Å². The summed E-state index contributed by atoms with van der Waals surface area (Å²) in [5, 5.41) is 18.4. The molecule has 3 amide bonds. The number of aliphatic hydroxyl groups excluding tert-OH is 1. The number of hydrogen-bond acceptors (Lipinski definition) is 11. The first kappa shape index (κ1) is 40.2. The second-order valence-electron chi connectivity index (χ2n) is 18.9. The van der Waals surface area contributed by atoms with E-state index < -0.39 is 41.5 Å². The van der Waals surface area contributed by atoms with Crippen LogP contribution in [0.15, 0.2) is 11.3 Å². The number of cyclic esters (lactones) is 1. The Morgan fingerprint density at radius 2 is 1.53 bits per heavy atom. The number of hydrogen-bond donors (Lipinski definition) is 3. The summed E-state index contributed by atoms with van der Waals surface area (Å²) in [5.41, 5.74) is -0.271. The molecular weight excluding hydrogens is 745 g/mol. The fraction of sp³-hybridized carbons (Fsp3) is 0.864. The van der Waals surface area contributed by atoms with Gasteiger partial charge < -0.3 is 24.6 Å². The molecule has 12 nitrogen and oxygen atoms in total. The van der Waals surface area contributed by atoms with Gasteiger partial charge in [0.05, 0.1) is 24.7 Å². The number of amides is 3. The van der Waals surface area contributed by atoms with Gasteiger partial charge in [0.25, 0.3) is 0 Å². The average Bonchev–Trinajstić information content (AvgIpc) is 3.87. The Morgan fingerprint density at radius 3 is 2.25 bits per heavy atom. The maximum absolute atomic E-state index is 16.1. The Labute approximate surface area is 342 Å². The number of methoxy groups -OCH3 is 1. The largest absolute Gasteiger partial charge is 0.459 e. The number of carbonyl (C=O) groups excluding carboxylic acids is 4. The van der Waals surface area contributed by atoms with E-state index >= 15 is 14.4 Å². The van der Waals surface area contributed by atoms with Crippen LogP contribution in [0.3, 0.4) is 0 Å². The monoisotopic (exact) mass is 810 g/mol. The number of aliphatic hydroxyl groups is 1. The highest BCUT2D eigenvalue weighted by Gasteiger charge is 2.77. The molecule has 9 aliphatic rings. The summed E-state index contributed by atoms with van der Waals surface area (Å²) >= 11 is 1.76. The van der Waals surface area contributed by atoms with Crippen molar-refractivity contribution < 1.29 is 38.5 Å². The van der Waals surface area contributed by atoms with Crippen molar-refractivity contribution in [1.29, 1.82) is 0 Å². The molecular formula is C44H66N4O8S. The number of carbonyl (C=O) groups is 4. The van der Waals surface area contributed by atoms with Crippen LogP contribution < -0.4 is 10.6 Å². The van der Waals surface area contributed by atoms with Gasteiger partial charge in [0, 0.05) is 30.1 Å². The summed E-state index contributed by atoms with van der Waals surface area (Å²) in [6, 6.07) is -1.29. The zero-order valence-corrected chi connectivity index (χ0v) is 34.8. The molecule has 9 rings (SSSR count). The van der Waals surface area contributed by atoms with Crippen molar-refractivity contribution in [3.63, 3.8) is 0 Å². The molecule has 0 radical (unpaired) electrons. The third-order valence-electron chi connectivity index (χ3n) is 15.9. The number of fused-ring (bicyclic) bond motifs is 3. The lowest BCUT2D eigenvalue weighted by atomic mass is 9.60. The Bertz CT molecular complexity index is 1540. The Kier molecular flexibility index (Phi) is 12.0. The predicted octanol–water partition coefficient (Wildman–Crippen LogP) is 6.15. The van der Waals surface area contributed by atoms with Crippen LogP contribution in [0, 0.1) is 29.1 Å². The number of imide groups is 1. The van der Waals surface area contributed by atoms with E-state index in [4.69, 9.17) is 14.2 Å². The summed E-state index contributed by atoms with van der Waals surface area (Å²) < 4.78 is 17.8. The van der Waals surface area contributed by atoms with Crippen LogP contribution in [0.25, 0.3) is 0 Å². The molecule has 57 heavy (non-hydrogen) atoms. The van der Waals surface area contributed by atoms with Crippen molar-refractivity contribution in [2.24, 2.45) is 29.1 Å². The van der Waals surface area contributed by atoms with Gasteiger partial charge in [-0.2, -0.15) is 0 Å².